The molecule has 5 N–H and O–H groups in total. The molecule has 0 bridgehead atoms. The fourth-order valence-electron chi connectivity index (χ4n) is 2.62. The van der Waals surface area contributed by atoms with Crippen molar-refractivity contribution in [2.45, 2.75) is 6.92 Å². The Kier molecular flexibility index (Phi) is 7.51. The highest BCUT2D eigenvalue weighted by Gasteiger charge is 2.09. The van der Waals surface area contributed by atoms with Crippen LogP contribution in [0.5, 0.6) is 0 Å². The molecule has 0 aliphatic heterocycles. The summed E-state index contributed by atoms with van der Waals surface area (Å²) in [7, 11) is 1.50. The normalized spacial score (nSPS) is 10.7. The number of hydrogen-bond acceptors (Lipinski definition) is 4. The van der Waals surface area contributed by atoms with Gasteiger partial charge in [0.25, 0.3) is 0 Å². The molecule has 2 aromatic carbocycles. The lowest BCUT2D eigenvalue weighted by Crippen LogP contribution is -2.73. The number of aromatic nitrogens is 1. The van der Waals surface area contributed by atoms with Gasteiger partial charge in [-0.2, -0.15) is 5.48 Å². The van der Waals surface area contributed by atoms with Crippen LogP contribution in [0, 0.1) is 6.92 Å². The Morgan fingerprint density at radius 3 is 2.52 bits per heavy atom. The van der Waals surface area contributed by atoms with Crippen LogP contribution in [0.25, 0.3) is 11.1 Å². The standard InChI is InChI=1S/C20H18N4O.CH5N/c1-14-12-15(17-7-3-4-8-19(17)24-25)9-10-18(14)23-20(21-2)16-6-5-11-22-13-16;1-2/h3-13,24-25H,2H2,1H3;2H2,1H3/p+1. The van der Waals surface area contributed by atoms with Crippen LogP contribution in [0.3, 0.4) is 0 Å². The van der Waals surface area contributed by atoms with Crippen LogP contribution in [0.15, 0.2) is 77.0 Å². The summed E-state index contributed by atoms with van der Waals surface area (Å²) in [6, 6.07) is 17.4. The van der Waals surface area contributed by atoms with Gasteiger partial charge in [0.15, 0.2) is 11.5 Å². The summed E-state index contributed by atoms with van der Waals surface area (Å²) < 4.78 is 0. The summed E-state index contributed by atoms with van der Waals surface area (Å²) in [6.07, 6.45) is 3.42. The Labute approximate surface area is 159 Å². The zero-order valence-corrected chi connectivity index (χ0v) is 15.5. The van der Waals surface area contributed by atoms with Gasteiger partial charge < -0.3 is 5.73 Å². The number of quaternary nitrogens is 1. The van der Waals surface area contributed by atoms with Crippen LogP contribution >= 0.6 is 0 Å². The number of nitrogens with two attached hydrogens (primary N) is 2. The maximum Gasteiger partial charge on any atom is 0.169 e. The number of aliphatic imine (C=N–C) groups is 2. The van der Waals surface area contributed by atoms with Crippen molar-refractivity contribution in [3.05, 3.63) is 78.1 Å². The van der Waals surface area contributed by atoms with Gasteiger partial charge in [-0.3, -0.25) is 4.98 Å². The molecule has 0 aliphatic rings. The average Bonchev–Trinajstić information content (AvgIpc) is 2.75. The first-order chi connectivity index (χ1) is 13.2. The molecule has 1 heterocycles. The molecule has 3 rings (SSSR count). The third-order valence-electron chi connectivity index (χ3n) is 3.90. The summed E-state index contributed by atoms with van der Waals surface area (Å²) in [5.41, 5.74) is 11.0. The van der Waals surface area contributed by atoms with E-state index in [-0.39, 0.29) is 0 Å². The van der Waals surface area contributed by atoms with Crippen LogP contribution in [-0.4, -0.2) is 29.8 Å². The van der Waals surface area contributed by atoms with Crippen LogP contribution in [0.4, 0.5) is 11.4 Å². The van der Waals surface area contributed by atoms with Crippen molar-refractivity contribution >= 4 is 23.9 Å². The zero-order valence-electron chi connectivity index (χ0n) is 15.5. The molecule has 27 heavy (non-hydrogen) atoms. The van der Waals surface area contributed by atoms with Crippen molar-refractivity contribution in [1.29, 1.82) is 0 Å². The Hall–Kier alpha value is -3.19. The van der Waals surface area contributed by atoms with Gasteiger partial charge in [0, 0.05) is 29.6 Å². The molecular weight excluding hydrogens is 338 g/mol. The van der Waals surface area contributed by atoms with Gasteiger partial charge in [0.05, 0.1) is 5.69 Å². The lowest BCUT2D eigenvalue weighted by Gasteiger charge is -2.08. The number of rotatable bonds is 4. The molecule has 0 amide bonds. The number of amidine groups is 1. The third-order valence-corrected chi connectivity index (χ3v) is 3.90. The molecule has 6 nitrogen and oxygen atoms in total. The number of para-hydroxylation sites is 1. The van der Waals surface area contributed by atoms with E-state index < -0.39 is 0 Å². The minimum Gasteiger partial charge on any atom is -0.333 e. The lowest BCUT2D eigenvalue weighted by atomic mass is 10.0. The molecule has 0 unspecified atom stereocenters. The van der Waals surface area contributed by atoms with Crippen LogP contribution in [-0.2, 0) is 0 Å². The number of hydrogen-bond donors (Lipinski definition) is 3. The van der Waals surface area contributed by atoms with Gasteiger partial charge >= 0.3 is 0 Å². The number of nitrogens with zero attached hydrogens (tertiary/aromatic N) is 3. The van der Waals surface area contributed by atoms with Crippen molar-refractivity contribution in [3.8, 4) is 11.1 Å². The van der Waals surface area contributed by atoms with Crippen molar-refractivity contribution in [3.63, 3.8) is 0 Å². The second-order valence-electron chi connectivity index (χ2n) is 5.55. The summed E-state index contributed by atoms with van der Waals surface area (Å²) in [4.78, 5) is 12.7. The van der Waals surface area contributed by atoms with Crippen LogP contribution < -0.4 is 11.2 Å². The van der Waals surface area contributed by atoms with E-state index in [1.165, 1.54) is 7.05 Å². The van der Waals surface area contributed by atoms with E-state index in [4.69, 9.17) is 0 Å². The average molecular weight is 362 g/mol. The molecule has 0 saturated heterocycles. The smallest absolute Gasteiger partial charge is 0.169 e. The molecule has 6 heteroatoms. The monoisotopic (exact) mass is 362 g/mol. The molecule has 3 aromatic rings. The first-order valence-electron chi connectivity index (χ1n) is 8.44. The van der Waals surface area contributed by atoms with Gasteiger partial charge in [-0.25, -0.2) is 15.2 Å². The maximum absolute atomic E-state index is 9.41. The van der Waals surface area contributed by atoms with E-state index in [0.29, 0.717) is 5.84 Å². The second-order valence-corrected chi connectivity index (χ2v) is 5.55. The molecule has 0 fully saturated rings. The Bertz CT molecular complexity index is 923. The molecule has 0 spiro atoms. The zero-order chi connectivity index (χ0) is 19.6. The molecule has 138 valence electrons. The van der Waals surface area contributed by atoms with Gasteiger partial charge in [-0.15, -0.1) is 0 Å². The van der Waals surface area contributed by atoms with Crippen molar-refractivity contribution < 1.29 is 10.7 Å². The van der Waals surface area contributed by atoms with Crippen molar-refractivity contribution in [2.24, 2.45) is 15.7 Å². The molecule has 0 radical (unpaired) electrons. The van der Waals surface area contributed by atoms with E-state index in [0.717, 1.165) is 39.1 Å². The molecule has 0 saturated carbocycles. The predicted molar refractivity (Wildman–Crippen MR) is 110 cm³/mol. The summed E-state index contributed by atoms with van der Waals surface area (Å²) in [6.45, 7) is 5.61. The summed E-state index contributed by atoms with van der Waals surface area (Å²) in [5.74, 6) is 0.535. The van der Waals surface area contributed by atoms with Gasteiger partial charge in [-0.05, 0) is 62.1 Å². The second kappa shape index (κ2) is 10.1. The summed E-state index contributed by atoms with van der Waals surface area (Å²) in [5, 5.41) is 9.41. The van der Waals surface area contributed by atoms with E-state index in [1.54, 1.807) is 12.4 Å². The highest BCUT2D eigenvalue weighted by Crippen LogP contribution is 2.29. The van der Waals surface area contributed by atoms with Crippen molar-refractivity contribution in [1.82, 2.24) is 4.98 Å². The minimum absolute atomic E-state index is 0.535. The third kappa shape index (κ3) is 4.92. The quantitative estimate of drug-likeness (QED) is 0.288. The fraction of sp³-hybridized carbons (Fsp3) is 0.0952. The molecular formula is C21H24N5O+. The SMILES string of the molecule is C=NC(=Nc1ccc(-c2ccccc2[NH2+]O)cc1C)c1cccnc1.CN. The molecule has 0 atom stereocenters. The van der Waals surface area contributed by atoms with Gasteiger partial charge in [0.2, 0.25) is 0 Å². The van der Waals surface area contributed by atoms with E-state index in [9.17, 15) is 5.21 Å². The number of benzene rings is 2. The Morgan fingerprint density at radius 1 is 1.11 bits per heavy atom. The van der Waals surface area contributed by atoms with Crippen LogP contribution in [0.1, 0.15) is 11.1 Å². The molecule has 1 aromatic heterocycles. The molecule has 0 aliphatic carbocycles. The van der Waals surface area contributed by atoms with Gasteiger partial charge in [-0.1, -0.05) is 18.2 Å². The predicted octanol–water partition coefficient (Wildman–Crippen LogP) is 2.99. The number of pyridine rings is 1. The summed E-state index contributed by atoms with van der Waals surface area (Å²) >= 11 is 0. The Morgan fingerprint density at radius 2 is 1.89 bits per heavy atom. The largest absolute Gasteiger partial charge is 0.333 e. The van der Waals surface area contributed by atoms with Crippen LogP contribution in [0.2, 0.25) is 0 Å². The topological polar surface area (TPSA) is 100 Å². The Balaban J connectivity index is 0.00000126. The van der Waals surface area contributed by atoms with E-state index >= 15 is 0 Å². The fourth-order valence-corrected chi connectivity index (χ4v) is 2.62. The minimum atomic E-state index is 0.535. The van der Waals surface area contributed by atoms with E-state index in [2.05, 4.69) is 27.4 Å². The highest BCUT2D eigenvalue weighted by molar-refractivity contribution is 6.02. The maximum atomic E-state index is 9.41. The number of aryl methyl sites for hydroxylation is 1. The lowest BCUT2D eigenvalue weighted by molar-refractivity contribution is -0.825. The highest BCUT2D eigenvalue weighted by atomic mass is 16.5. The first-order valence-corrected chi connectivity index (χ1v) is 8.44. The van der Waals surface area contributed by atoms with E-state index in [1.807, 2.05) is 61.5 Å². The first kappa shape index (κ1) is 20.1. The van der Waals surface area contributed by atoms with Gasteiger partial charge in [0.1, 0.15) is 0 Å². The van der Waals surface area contributed by atoms with Crippen molar-refractivity contribution in [2.75, 3.05) is 7.05 Å².